The van der Waals surface area contributed by atoms with Crippen LogP contribution < -0.4 is 0 Å². The van der Waals surface area contributed by atoms with Crippen LogP contribution in [0, 0.1) is 5.92 Å². The highest BCUT2D eigenvalue weighted by Crippen LogP contribution is 2.25. The average Bonchev–Trinajstić information content (AvgIpc) is 2.69. The van der Waals surface area contributed by atoms with Gasteiger partial charge in [-0.25, -0.2) is 9.97 Å². The number of benzene rings is 1. The summed E-state index contributed by atoms with van der Waals surface area (Å²) in [4.78, 5) is 27.0. The minimum Gasteiger partial charge on any atom is -0.337 e. The molecule has 2 aromatic heterocycles. The first-order valence-corrected chi connectivity index (χ1v) is 8.69. The highest BCUT2D eigenvalue weighted by atomic mass is 16.2. The third kappa shape index (κ3) is 3.36. The molecule has 0 spiro atoms. The lowest BCUT2D eigenvalue weighted by Crippen LogP contribution is -2.40. The Bertz CT molecular complexity index is 876. The molecule has 1 atom stereocenters. The normalized spacial score (nSPS) is 17.6. The molecule has 4 rings (SSSR count). The molecule has 0 bridgehead atoms. The van der Waals surface area contributed by atoms with Crippen LogP contribution in [-0.2, 0) is 6.42 Å². The van der Waals surface area contributed by atoms with Crippen molar-refractivity contribution in [3.63, 3.8) is 0 Å². The molecule has 3 heterocycles. The summed E-state index contributed by atoms with van der Waals surface area (Å²) in [6, 6.07) is 12.0. The van der Waals surface area contributed by atoms with Crippen LogP contribution in [-0.4, -0.2) is 38.8 Å². The molecule has 1 unspecified atom stereocenters. The molecule has 126 valence electrons. The Morgan fingerprint density at radius 2 is 2.04 bits per heavy atom. The number of amides is 1. The van der Waals surface area contributed by atoms with Crippen LogP contribution in [0.5, 0.6) is 0 Å². The lowest BCUT2D eigenvalue weighted by Gasteiger charge is -2.32. The zero-order chi connectivity index (χ0) is 17.1. The van der Waals surface area contributed by atoms with Crippen molar-refractivity contribution in [3.8, 4) is 0 Å². The molecule has 0 radical (unpaired) electrons. The highest BCUT2D eigenvalue weighted by molar-refractivity contribution is 5.92. The van der Waals surface area contributed by atoms with Gasteiger partial charge in [-0.2, -0.15) is 0 Å². The second kappa shape index (κ2) is 6.97. The smallest absolute Gasteiger partial charge is 0.272 e. The maximum Gasteiger partial charge on any atom is 0.272 e. The van der Waals surface area contributed by atoms with Gasteiger partial charge >= 0.3 is 0 Å². The van der Waals surface area contributed by atoms with Crippen LogP contribution in [0.1, 0.15) is 28.9 Å². The number of carbonyl (C=O) groups is 1. The first-order valence-electron chi connectivity index (χ1n) is 8.69. The zero-order valence-electron chi connectivity index (χ0n) is 14.0. The molecule has 0 aliphatic carbocycles. The number of hydrogen-bond acceptors (Lipinski definition) is 4. The monoisotopic (exact) mass is 332 g/mol. The molecule has 5 heteroatoms. The summed E-state index contributed by atoms with van der Waals surface area (Å²) >= 11 is 0. The first kappa shape index (κ1) is 15.7. The van der Waals surface area contributed by atoms with Crippen LogP contribution in [0.25, 0.3) is 10.9 Å². The van der Waals surface area contributed by atoms with Gasteiger partial charge < -0.3 is 4.90 Å². The van der Waals surface area contributed by atoms with Gasteiger partial charge in [-0.05, 0) is 48.9 Å². The number of hydrogen-bond donors (Lipinski definition) is 0. The van der Waals surface area contributed by atoms with E-state index in [9.17, 15) is 4.79 Å². The minimum atomic E-state index is 0.00619. The number of fused-ring (bicyclic) bond motifs is 1. The lowest BCUT2D eigenvalue weighted by atomic mass is 9.90. The van der Waals surface area contributed by atoms with Gasteiger partial charge in [-0.15, -0.1) is 0 Å². The number of piperidine rings is 1. The number of likely N-dealkylation sites (tertiary alicyclic amines) is 1. The van der Waals surface area contributed by atoms with Gasteiger partial charge in [0.1, 0.15) is 12.0 Å². The molecule has 0 N–H and O–H groups in total. The van der Waals surface area contributed by atoms with Gasteiger partial charge in [0.25, 0.3) is 5.91 Å². The summed E-state index contributed by atoms with van der Waals surface area (Å²) in [6.07, 6.45) is 8.07. The van der Waals surface area contributed by atoms with E-state index in [-0.39, 0.29) is 5.91 Å². The molecular formula is C20H20N4O. The maximum absolute atomic E-state index is 12.6. The number of carbonyl (C=O) groups excluding carboxylic acids is 1. The van der Waals surface area contributed by atoms with E-state index in [0.29, 0.717) is 11.6 Å². The molecule has 1 aliphatic rings. The predicted molar refractivity (Wildman–Crippen MR) is 96.1 cm³/mol. The number of aromatic nitrogens is 3. The molecule has 1 aliphatic heterocycles. The second-order valence-corrected chi connectivity index (χ2v) is 6.55. The van der Waals surface area contributed by atoms with Gasteiger partial charge in [0, 0.05) is 30.9 Å². The van der Waals surface area contributed by atoms with Crippen LogP contribution in [0.4, 0.5) is 0 Å². The fourth-order valence-electron chi connectivity index (χ4n) is 3.64. The minimum absolute atomic E-state index is 0.00619. The quantitative estimate of drug-likeness (QED) is 0.739. The van der Waals surface area contributed by atoms with Crippen molar-refractivity contribution in [1.29, 1.82) is 0 Å². The summed E-state index contributed by atoms with van der Waals surface area (Å²) in [5.74, 6) is 0.469. The van der Waals surface area contributed by atoms with Gasteiger partial charge in [0.15, 0.2) is 0 Å². The Morgan fingerprint density at radius 1 is 1.12 bits per heavy atom. The molecule has 0 saturated carbocycles. The largest absolute Gasteiger partial charge is 0.337 e. The fourth-order valence-corrected chi connectivity index (χ4v) is 3.64. The van der Waals surface area contributed by atoms with Crippen molar-refractivity contribution < 1.29 is 4.79 Å². The molecule has 1 amide bonds. The number of pyridine rings is 1. The number of rotatable bonds is 3. The molecule has 25 heavy (non-hydrogen) atoms. The lowest BCUT2D eigenvalue weighted by molar-refractivity contribution is 0.0667. The van der Waals surface area contributed by atoms with E-state index < -0.39 is 0 Å². The predicted octanol–water partition coefficient (Wildman–Crippen LogP) is 3.12. The Hall–Kier alpha value is -2.82. The number of nitrogens with zero attached hydrogens (tertiary/aromatic N) is 4. The van der Waals surface area contributed by atoms with E-state index in [4.69, 9.17) is 0 Å². The van der Waals surface area contributed by atoms with E-state index in [2.05, 4.69) is 33.2 Å². The molecule has 5 nitrogen and oxygen atoms in total. The SMILES string of the molecule is O=C(c1ccncn1)N1CCCC(Cc2ccnc3ccccc23)C1. The Balaban J connectivity index is 1.51. The molecule has 1 saturated heterocycles. The summed E-state index contributed by atoms with van der Waals surface area (Å²) in [6.45, 7) is 1.58. The Morgan fingerprint density at radius 3 is 2.92 bits per heavy atom. The van der Waals surface area contributed by atoms with Gasteiger partial charge in [0.2, 0.25) is 0 Å². The fraction of sp³-hybridized carbons (Fsp3) is 0.300. The van der Waals surface area contributed by atoms with Crippen molar-refractivity contribution in [2.24, 2.45) is 5.92 Å². The standard InChI is InChI=1S/C20H20N4O/c25-20(19-8-9-21-14-23-19)24-11-3-4-15(13-24)12-16-7-10-22-18-6-2-1-5-17(16)18/h1-2,5-10,14-15H,3-4,11-13H2. The summed E-state index contributed by atoms with van der Waals surface area (Å²) in [7, 11) is 0. The Labute approximate surface area is 146 Å². The summed E-state index contributed by atoms with van der Waals surface area (Å²) in [5, 5.41) is 1.21. The van der Waals surface area contributed by atoms with Crippen LogP contribution in [0.3, 0.4) is 0 Å². The first-order chi connectivity index (χ1) is 12.3. The van der Waals surface area contributed by atoms with Crippen LogP contribution in [0.15, 0.2) is 55.1 Å². The molecule has 1 aromatic carbocycles. The average molecular weight is 332 g/mol. The highest BCUT2D eigenvalue weighted by Gasteiger charge is 2.25. The molecule has 3 aromatic rings. The third-order valence-corrected chi connectivity index (χ3v) is 4.86. The van der Waals surface area contributed by atoms with Gasteiger partial charge in [-0.3, -0.25) is 9.78 Å². The van der Waals surface area contributed by atoms with Crippen molar-refractivity contribution in [2.45, 2.75) is 19.3 Å². The summed E-state index contributed by atoms with van der Waals surface area (Å²) in [5.41, 5.74) is 2.82. The Kier molecular flexibility index (Phi) is 4.37. The molecular weight excluding hydrogens is 312 g/mol. The zero-order valence-corrected chi connectivity index (χ0v) is 14.0. The summed E-state index contributed by atoms with van der Waals surface area (Å²) < 4.78 is 0. The van der Waals surface area contributed by atoms with E-state index in [0.717, 1.165) is 37.9 Å². The second-order valence-electron chi connectivity index (χ2n) is 6.55. The van der Waals surface area contributed by atoms with Crippen LogP contribution in [0.2, 0.25) is 0 Å². The van der Waals surface area contributed by atoms with E-state index in [1.165, 1.54) is 17.3 Å². The van der Waals surface area contributed by atoms with E-state index >= 15 is 0 Å². The van der Waals surface area contributed by atoms with Gasteiger partial charge in [-0.1, -0.05) is 18.2 Å². The molecule has 1 fully saturated rings. The van der Waals surface area contributed by atoms with E-state index in [1.807, 2.05) is 23.2 Å². The maximum atomic E-state index is 12.6. The van der Waals surface area contributed by atoms with Crippen molar-refractivity contribution in [2.75, 3.05) is 13.1 Å². The van der Waals surface area contributed by atoms with Gasteiger partial charge in [0.05, 0.1) is 5.52 Å². The number of para-hydroxylation sites is 1. The van der Waals surface area contributed by atoms with Crippen molar-refractivity contribution in [3.05, 3.63) is 66.4 Å². The van der Waals surface area contributed by atoms with Crippen LogP contribution >= 0.6 is 0 Å². The van der Waals surface area contributed by atoms with Crippen molar-refractivity contribution >= 4 is 16.8 Å². The van der Waals surface area contributed by atoms with Crippen molar-refractivity contribution in [1.82, 2.24) is 19.9 Å². The van der Waals surface area contributed by atoms with E-state index in [1.54, 1.807) is 12.3 Å². The topological polar surface area (TPSA) is 59.0 Å². The third-order valence-electron chi connectivity index (χ3n) is 4.86.